The molecule has 1 atom stereocenters. The van der Waals surface area contributed by atoms with Crippen LogP contribution in [0.5, 0.6) is 0 Å². The van der Waals surface area contributed by atoms with Crippen molar-refractivity contribution in [2.45, 2.75) is 19.9 Å². The largest absolute Gasteiger partial charge is 0.463 e. The van der Waals surface area contributed by atoms with Crippen LogP contribution in [0, 0.1) is 5.82 Å². The molecule has 2 aliphatic heterocycles. The highest BCUT2D eigenvalue weighted by Crippen LogP contribution is 2.30. The fourth-order valence-corrected chi connectivity index (χ4v) is 5.61. The molecule has 0 bridgehead atoms. The molecule has 3 aromatic rings. The molecule has 0 unspecified atom stereocenters. The molecule has 2 aromatic heterocycles. The first-order chi connectivity index (χ1) is 17.4. The molecule has 1 saturated heterocycles. The Balaban J connectivity index is 1.58. The maximum Gasteiger partial charge on any atom is 0.338 e. The number of piperazine rings is 1. The molecule has 188 valence electrons. The first-order valence-electron chi connectivity index (χ1n) is 12.0. The Hall–Kier alpha value is -3.50. The molecule has 0 aliphatic carbocycles. The van der Waals surface area contributed by atoms with E-state index in [1.54, 1.807) is 32.1 Å². The Morgan fingerprint density at radius 2 is 1.97 bits per heavy atom. The summed E-state index contributed by atoms with van der Waals surface area (Å²) in [6, 6.07) is 8.78. The minimum atomic E-state index is -0.775. The number of furan rings is 1. The van der Waals surface area contributed by atoms with E-state index in [2.05, 4.69) is 16.9 Å². The molecule has 36 heavy (non-hydrogen) atoms. The topological polar surface area (TPSA) is 81.5 Å². The van der Waals surface area contributed by atoms with Crippen molar-refractivity contribution in [1.29, 1.82) is 0 Å². The predicted molar refractivity (Wildman–Crippen MR) is 134 cm³/mol. The van der Waals surface area contributed by atoms with E-state index in [1.165, 1.54) is 32.9 Å². The number of hydrogen-bond donors (Lipinski definition) is 1. The second-order valence-corrected chi connectivity index (χ2v) is 9.98. The molecule has 1 fully saturated rings. The number of carbonyl (C=O) groups is 1. The number of nitrogens with zero attached hydrogens (tertiary/aromatic N) is 3. The molecule has 2 aliphatic rings. The van der Waals surface area contributed by atoms with Crippen LogP contribution < -0.4 is 24.7 Å². The summed E-state index contributed by atoms with van der Waals surface area (Å²) in [5.41, 5.74) is 1.02. The van der Waals surface area contributed by atoms with Crippen molar-refractivity contribution >= 4 is 29.3 Å². The number of benzene rings is 1. The van der Waals surface area contributed by atoms with Crippen LogP contribution >= 0.6 is 11.3 Å². The van der Waals surface area contributed by atoms with Gasteiger partial charge in [0.25, 0.3) is 5.56 Å². The van der Waals surface area contributed by atoms with Crippen LogP contribution in [0.4, 0.5) is 10.3 Å². The molecule has 0 radical (unpaired) electrons. The number of carbonyl (C=O) groups excluding carboxylic acids is 1. The molecule has 10 heteroatoms. The van der Waals surface area contributed by atoms with Crippen LogP contribution in [0.15, 0.2) is 61.9 Å². The van der Waals surface area contributed by atoms with Crippen LogP contribution in [0.1, 0.15) is 31.2 Å². The van der Waals surface area contributed by atoms with Gasteiger partial charge in [0, 0.05) is 12.1 Å². The molecular weight excluding hydrogens is 483 g/mol. The van der Waals surface area contributed by atoms with E-state index in [9.17, 15) is 14.0 Å². The zero-order valence-electron chi connectivity index (χ0n) is 20.4. The lowest BCUT2D eigenvalue weighted by molar-refractivity contribution is -0.880. The third kappa shape index (κ3) is 4.54. The van der Waals surface area contributed by atoms with Gasteiger partial charge in [-0.2, -0.15) is 0 Å². The minimum Gasteiger partial charge on any atom is -0.463 e. The number of halogens is 1. The van der Waals surface area contributed by atoms with Gasteiger partial charge in [-0.15, -0.1) is 0 Å². The monoisotopic (exact) mass is 511 g/mol. The quantitative estimate of drug-likeness (QED) is 0.514. The third-order valence-electron chi connectivity index (χ3n) is 6.52. The summed E-state index contributed by atoms with van der Waals surface area (Å²) < 4.78 is 26.9. The number of fused-ring (bicyclic) bond motifs is 1. The van der Waals surface area contributed by atoms with E-state index in [0.717, 1.165) is 32.1 Å². The summed E-state index contributed by atoms with van der Waals surface area (Å²) in [5, 5.41) is 0. The predicted octanol–water partition coefficient (Wildman–Crippen LogP) is 0.865. The van der Waals surface area contributed by atoms with Crippen molar-refractivity contribution in [2.75, 3.05) is 44.7 Å². The van der Waals surface area contributed by atoms with Crippen LogP contribution in [0.25, 0.3) is 6.08 Å². The number of anilines is 1. The van der Waals surface area contributed by atoms with Crippen molar-refractivity contribution in [3.8, 4) is 0 Å². The Bertz CT molecular complexity index is 1490. The highest BCUT2D eigenvalue weighted by molar-refractivity contribution is 7.07. The highest BCUT2D eigenvalue weighted by atomic mass is 32.1. The number of likely N-dealkylation sites (N-methyl/N-ethyl adjacent to an activating group) is 1. The van der Waals surface area contributed by atoms with Gasteiger partial charge in [-0.3, -0.25) is 9.36 Å². The Morgan fingerprint density at radius 1 is 1.25 bits per heavy atom. The zero-order valence-corrected chi connectivity index (χ0v) is 21.2. The van der Waals surface area contributed by atoms with Gasteiger partial charge in [0.1, 0.15) is 11.6 Å². The Kier molecular flexibility index (Phi) is 6.63. The van der Waals surface area contributed by atoms with E-state index in [-0.39, 0.29) is 17.7 Å². The van der Waals surface area contributed by atoms with Gasteiger partial charge in [0.15, 0.2) is 10.7 Å². The zero-order chi connectivity index (χ0) is 25.4. The number of rotatable bonds is 5. The first-order valence-corrected chi connectivity index (χ1v) is 12.8. The van der Waals surface area contributed by atoms with E-state index in [0.29, 0.717) is 26.4 Å². The first kappa shape index (κ1) is 24.2. The van der Waals surface area contributed by atoms with Crippen molar-refractivity contribution in [2.24, 2.45) is 4.99 Å². The van der Waals surface area contributed by atoms with Gasteiger partial charge < -0.3 is 19.0 Å². The average molecular weight is 512 g/mol. The fourth-order valence-electron chi connectivity index (χ4n) is 4.58. The van der Waals surface area contributed by atoms with Gasteiger partial charge in [-0.1, -0.05) is 23.5 Å². The molecule has 5 rings (SSSR count). The molecule has 1 aromatic carbocycles. The lowest BCUT2D eigenvalue weighted by Gasteiger charge is -2.29. The van der Waals surface area contributed by atoms with Crippen LogP contribution in [0.2, 0.25) is 0 Å². The van der Waals surface area contributed by atoms with Crippen LogP contribution in [0.3, 0.4) is 0 Å². The molecule has 1 N–H and O–H groups in total. The molecule has 0 spiro atoms. The van der Waals surface area contributed by atoms with Gasteiger partial charge >= 0.3 is 5.97 Å². The summed E-state index contributed by atoms with van der Waals surface area (Å²) in [5.74, 6) is 0.402. The maximum absolute atomic E-state index is 13.7. The van der Waals surface area contributed by atoms with Gasteiger partial charge in [-0.25, -0.2) is 14.2 Å². The second-order valence-electron chi connectivity index (χ2n) is 8.97. The number of esters is 1. The maximum atomic E-state index is 13.7. The van der Waals surface area contributed by atoms with Crippen molar-refractivity contribution in [3.63, 3.8) is 0 Å². The highest BCUT2D eigenvalue weighted by Gasteiger charge is 2.33. The van der Waals surface area contributed by atoms with Crippen molar-refractivity contribution in [3.05, 3.63) is 84.5 Å². The van der Waals surface area contributed by atoms with Crippen LogP contribution in [-0.2, 0) is 9.53 Å². The Morgan fingerprint density at radius 3 is 2.67 bits per heavy atom. The molecular formula is C26H28FN4O4S+. The molecule has 8 nitrogen and oxygen atoms in total. The van der Waals surface area contributed by atoms with E-state index in [1.807, 2.05) is 12.1 Å². The number of ether oxygens (including phenoxy) is 1. The smallest absolute Gasteiger partial charge is 0.338 e. The fraction of sp³-hybridized carbons (Fsp3) is 0.346. The molecule has 0 saturated carbocycles. The standard InChI is InChI=1S/C26H27FN4O4S/c1-4-34-25(33)22-16(2)28-26-31(23(22)17-5-7-18(27)8-6-17)24(32)20(36-26)15-19-9-10-21(35-19)30-13-11-29(3)12-14-30/h5-10,15,23H,4,11-14H2,1-3H3/p+1/b20-15+/t23-/m1/s1. The number of allylic oxidation sites excluding steroid dienone is 1. The lowest BCUT2D eigenvalue weighted by Crippen LogP contribution is -3.12. The summed E-state index contributed by atoms with van der Waals surface area (Å²) in [6.07, 6.45) is 1.71. The number of nitrogens with one attached hydrogen (secondary N) is 1. The summed E-state index contributed by atoms with van der Waals surface area (Å²) in [4.78, 5) is 35.2. The summed E-state index contributed by atoms with van der Waals surface area (Å²) >= 11 is 1.23. The lowest BCUT2D eigenvalue weighted by atomic mass is 9.96. The minimum absolute atomic E-state index is 0.186. The number of aromatic nitrogens is 1. The van der Waals surface area contributed by atoms with E-state index in [4.69, 9.17) is 9.15 Å². The molecule has 4 heterocycles. The van der Waals surface area contributed by atoms with E-state index < -0.39 is 17.8 Å². The summed E-state index contributed by atoms with van der Waals surface area (Å²) in [6.45, 7) is 7.53. The Labute approximate surface area is 211 Å². The van der Waals surface area contributed by atoms with Crippen molar-refractivity contribution < 1.29 is 23.2 Å². The number of hydrogen-bond acceptors (Lipinski definition) is 7. The van der Waals surface area contributed by atoms with Gasteiger partial charge in [-0.05, 0) is 37.6 Å². The van der Waals surface area contributed by atoms with Gasteiger partial charge in [0.2, 0.25) is 0 Å². The average Bonchev–Trinajstić information content (AvgIpc) is 3.44. The normalized spacial score (nSPS) is 18.8. The van der Waals surface area contributed by atoms with Gasteiger partial charge in [0.05, 0.1) is 61.7 Å². The second kappa shape index (κ2) is 9.87. The third-order valence-corrected chi connectivity index (χ3v) is 7.50. The van der Waals surface area contributed by atoms with Crippen LogP contribution in [-0.4, -0.2) is 50.4 Å². The number of thiazole rings is 1. The van der Waals surface area contributed by atoms with E-state index >= 15 is 0 Å². The number of quaternary nitrogens is 1. The SMILES string of the molecule is CCOC(=O)C1=C(C)N=c2s/c(=C/c3ccc(N4CC[NH+](C)CC4)o3)c(=O)n2[C@@H]1c1ccc(F)cc1. The van der Waals surface area contributed by atoms with Crippen molar-refractivity contribution in [1.82, 2.24) is 4.57 Å². The molecule has 0 amide bonds. The summed E-state index contributed by atoms with van der Waals surface area (Å²) in [7, 11) is 2.18.